The summed E-state index contributed by atoms with van der Waals surface area (Å²) in [6.45, 7) is 3.60. The average Bonchev–Trinajstić information content (AvgIpc) is 2.79. The molecule has 1 aliphatic carbocycles. The normalized spacial score (nSPS) is 18.8. The number of hydrogen-bond acceptors (Lipinski definition) is 6. The number of ether oxygens (including phenoxy) is 2. The molecule has 1 amide bonds. The van der Waals surface area contributed by atoms with Gasteiger partial charge in [-0.05, 0) is 35.7 Å². The molecule has 0 aromatic heterocycles. The van der Waals surface area contributed by atoms with Crippen molar-refractivity contribution in [2.75, 3.05) is 11.9 Å². The van der Waals surface area contributed by atoms with Crippen molar-refractivity contribution in [2.24, 2.45) is 11.1 Å². The fourth-order valence-corrected chi connectivity index (χ4v) is 5.13. The van der Waals surface area contributed by atoms with Crippen molar-refractivity contribution in [3.05, 3.63) is 79.3 Å². The summed E-state index contributed by atoms with van der Waals surface area (Å²) >= 11 is 15.6. The quantitative estimate of drug-likeness (QED) is 0.427. The van der Waals surface area contributed by atoms with Gasteiger partial charge in [0.05, 0.1) is 21.7 Å². The number of nitrogens with one attached hydrogen (secondary N) is 1. The number of allylic oxidation sites excluding steroid dienone is 3. The Labute approximate surface area is 227 Å². The van der Waals surface area contributed by atoms with Gasteiger partial charge in [0, 0.05) is 28.5 Å². The molecule has 0 saturated heterocycles. The number of nitriles is 1. The minimum atomic E-state index is -0.791. The molecule has 2 aliphatic rings. The lowest BCUT2D eigenvalue weighted by molar-refractivity contribution is -0.119. The van der Waals surface area contributed by atoms with Crippen LogP contribution in [0, 0.1) is 16.7 Å². The van der Waals surface area contributed by atoms with Crippen molar-refractivity contribution >= 4 is 56.5 Å². The van der Waals surface area contributed by atoms with Gasteiger partial charge in [-0.25, -0.2) is 0 Å². The number of nitrogens with zero attached hydrogens (tertiary/aromatic N) is 1. The summed E-state index contributed by atoms with van der Waals surface area (Å²) in [5.74, 6) is -0.650. The Balaban J connectivity index is 1.68. The van der Waals surface area contributed by atoms with Crippen LogP contribution in [0.4, 0.5) is 5.69 Å². The first-order chi connectivity index (χ1) is 17.0. The molecule has 1 atom stereocenters. The summed E-state index contributed by atoms with van der Waals surface area (Å²) in [4.78, 5) is 25.9. The monoisotopic (exact) mass is 589 g/mol. The van der Waals surface area contributed by atoms with Crippen LogP contribution in [-0.2, 0) is 14.3 Å². The molecule has 7 nitrogen and oxygen atoms in total. The number of ketones is 1. The van der Waals surface area contributed by atoms with Gasteiger partial charge in [0.2, 0.25) is 5.88 Å². The topological polar surface area (TPSA) is 114 Å². The summed E-state index contributed by atoms with van der Waals surface area (Å²) in [5.41, 5.74) is 7.19. The third-order valence-electron chi connectivity index (χ3n) is 5.94. The third-order valence-corrected chi connectivity index (χ3v) is 7.25. The standard InChI is InChI=1S/C26H22BrCl2N3O4/c1-26(2)9-18(33)23-20(10-26)36-25(31)15(11-30)22(23)14-8-13(27)6-7-19(14)35-12-21(34)32-17-5-3-4-16(28)24(17)29/h3-8,22H,9-10,12,31H2,1-2H3,(H,32,34). The molecular weight excluding hydrogens is 569 g/mol. The van der Waals surface area contributed by atoms with E-state index in [1.54, 1.807) is 36.4 Å². The molecule has 2 aromatic rings. The van der Waals surface area contributed by atoms with E-state index in [0.717, 1.165) is 0 Å². The maximum Gasteiger partial charge on any atom is 0.262 e. The van der Waals surface area contributed by atoms with Crippen molar-refractivity contribution in [2.45, 2.75) is 32.6 Å². The van der Waals surface area contributed by atoms with Crippen molar-refractivity contribution in [1.82, 2.24) is 0 Å². The second kappa shape index (κ2) is 10.2. The number of Topliss-reactive ketones (excluding diaryl/α,β-unsaturated/α-hetero) is 1. The van der Waals surface area contributed by atoms with Gasteiger partial charge >= 0.3 is 0 Å². The van der Waals surface area contributed by atoms with Crippen molar-refractivity contribution in [1.29, 1.82) is 5.26 Å². The second-order valence-corrected chi connectivity index (χ2v) is 11.0. The first kappa shape index (κ1) is 26.1. The Morgan fingerprint density at radius 3 is 2.78 bits per heavy atom. The highest BCUT2D eigenvalue weighted by Gasteiger charge is 2.43. The highest BCUT2D eigenvalue weighted by molar-refractivity contribution is 9.10. The Hall–Kier alpha value is -2.99. The zero-order valence-electron chi connectivity index (χ0n) is 19.5. The zero-order chi connectivity index (χ0) is 26.2. The van der Waals surface area contributed by atoms with E-state index >= 15 is 0 Å². The number of nitrogens with two attached hydrogens (primary N) is 1. The first-order valence-corrected chi connectivity index (χ1v) is 12.6. The average molecular weight is 591 g/mol. The van der Waals surface area contributed by atoms with Crippen LogP contribution in [0.1, 0.15) is 38.2 Å². The maximum atomic E-state index is 13.3. The van der Waals surface area contributed by atoms with Gasteiger partial charge in [-0.3, -0.25) is 9.59 Å². The smallest absolute Gasteiger partial charge is 0.262 e. The lowest BCUT2D eigenvalue weighted by Crippen LogP contribution is -2.33. The molecule has 0 fully saturated rings. The molecule has 0 bridgehead atoms. The number of benzene rings is 2. The predicted octanol–water partition coefficient (Wildman–Crippen LogP) is 6.22. The van der Waals surface area contributed by atoms with E-state index in [1.165, 1.54) is 0 Å². The molecule has 1 unspecified atom stereocenters. The van der Waals surface area contributed by atoms with E-state index in [9.17, 15) is 14.9 Å². The minimum absolute atomic E-state index is 0.0500. The Morgan fingerprint density at radius 2 is 2.06 bits per heavy atom. The fourth-order valence-electron chi connectivity index (χ4n) is 4.40. The van der Waals surface area contributed by atoms with Crippen molar-refractivity contribution in [3.63, 3.8) is 0 Å². The second-order valence-electron chi connectivity index (χ2n) is 9.32. The predicted molar refractivity (Wildman–Crippen MR) is 140 cm³/mol. The fraction of sp³-hybridized carbons (Fsp3) is 0.269. The number of anilines is 1. The molecule has 3 N–H and O–H groups in total. The molecule has 0 radical (unpaired) electrons. The van der Waals surface area contributed by atoms with Crippen molar-refractivity contribution in [3.8, 4) is 11.8 Å². The van der Waals surface area contributed by atoms with E-state index < -0.39 is 11.8 Å². The summed E-state index contributed by atoms with van der Waals surface area (Å²) < 4.78 is 12.3. The number of rotatable bonds is 5. The van der Waals surface area contributed by atoms with Crippen LogP contribution in [0.2, 0.25) is 10.0 Å². The van der Waals surface area contributed by atoms with E-state index in [-0.39, 0.29) is 34.3 Å². The largest absolute Gasteiger partial charge is 0.483 e. The van der Waals surface area contributed by atoms with Crippen molar-refractivity contribution < 1.29 is 19.1 Å². The Kier molecular flexibility index (Phi) is 7.37. The van der Waals surface area contributed by atoms with Gasteiger partial charge < -0.3 is 20.5 Å². The molecule has 0 saturated carbocycles. The minimum Gasteiger partial charge on any atom is -0.483 e. The number of amides is 1. The molecule has 4 rings (SSSR count). The third kappa shape index (κ3) is 5.24. The molecule has 1 heterocycles. The lowest BCUT2D eigenvalue weighted by Gasteiger charge is -2.37. The van der Waals surface area contributed by atoms with E-state index in [1.807, 2.05) is 13.8 Å². The van der Waals surface area contributed by atoms with Crippen LogP contribution in [0.3, 0.4) is 0 Å². The van der Waals surface area contributed by atoms with E-state index in [4.69, 9.17) is 38.4 Å². The number of halogens is 3. The molecule has 0 spiro atoms. The number of carbonyl (C=O) groups is 2. The summed E-state index contributed by atoms with van der Waals surface area (Å²) in [6, 6.07) is 12.1. The van der Waals surface area contributed by atoms with E-state index in [0.29, 0.717) is 50.7 Å². The van der Waals surface area contributed by atoms with Gasteiger partial charge in [0.15, 0.2) is 12.4 Å². The number of carbonyl (C=O) groups excluding carboxylic acids is 2. The van der Waals surface area contributed by atoms with Crippen LogP contribution in [-0.4, -0.2) is 18.3 Å². The van der Waals surface area contributed by atoms with Crippen LogP contribution in [0.25, 0.3) is 0 Å². The molecule has 1 aliphatic heterocycles. The lowest BCUT2D eigenvalue weighted by atomic mass is 9.70. The summed E-state index contributed by atoms with van der Waals surface area (Å²) in [5, 5.41) is 13.1. The SMILES string of the molecule is CC1(C)CC(=O)C2=C(C1)OC(N)=C(C#N)C2c1cc(Br)ccc1OCC(=O)Nc1cccc(Cl)c1Cl. The van der Waals surface area contributed by atoms with Gasteiger partial charge in [-0.15, -0.1) is 0 Å². The highest BCUT2D eigenvalue weighted by atomic mass is 79.9. The van der Waals surface area contributed by atoms with Gasteiger partial charge in [-0.1, -0.05) is 59.0 Å². The van der Waals surface area contributed by atoms with Crippen LogP contribution >= 0.6 is 39.1 Å². The molecule has 36 heavy (non-hydrogen) atoms. The zero-order valence-corrected chi connectivity index (χ0v) is 22.6. The molecular formula is C26H22BrCl2N3O4. The maximum absolute atomic E-state index is 13.3. The molecule has 2 aromatic carbocycles. The van der Waals surface area contributed by atoms with Crippen LogP contribution in [0.15, 0.2) is 63.7 Å². The number of hydrogen-bond donors (Lipinski definition) is 2. The van der Waals surface area contributed by atoms with Crippen LogP contribution in [0.5, 0.6) is 5.75 Å². The Bertz CT molecular complexity index is 1380. The Morgan fingerprint density at radius 1 is 1.31 bits per heavy atom. The molecule has 186 valence electrons. The highest BCUT2D eigenvalue weighted by Crippen LogP contribution is 2.49. The van der Waals surface area contributed by atoms with E-state index in [2.05, 4.69) is 27.3 Å². The summed E-state index contributed by atoms with van der Waals surface area (Å²) in [7, 11) is 0. The van der Waals surface area contributed by atoms with Gasteiger partial charge in [-0.2, -0.15) is 5.26 Å². The summed E-state index contributed by atoms with van der Waals surface area (Å²) in [6.07, 6.45) is 0.800. The van der Waals surface area contributed by atoms with Crippen LogP contribution < -0.4 is 15.8 Å². The molecule has 10 heteroatoms. The first-order valence-electron chi connectivity index (χ1n) is 11.0. The van der Waals surface area contributed by atoms with Gasteiger partial charge in [0.1, 0.15) is 23.2 Å². The van der Waals surface area contributed by atoms with Gasteiger partial charge in [0.25, 0.3) is 5.91 Å².